The number of carbonyl (C=O) groups is 1. The summed E-state index contributed by atoms with van der Waals surface area (Å²) in [6.45, 7) is -0.246. The first-order valence-corrected chi connectivity index (χ1v) is 4.57. The molecule has 0 saturated heterocycles. The average Bonchev–Trinajstić information content (AvgIpc) is 2.70. The number of ether oxygens (including phenoxy) is 1. The van der Waals surface area contributed by atoms with Crippen LogP contribution in [0, 0.1) is 0 Å². The van der Waals surface area contributed by atoms with E-state index in [0.717, 1.165) is 0 Å². The van der Waals surface area contributed by atoms with Crippen LogP contribution in [-0.4, -0.2) is 32.9 Å². The van der Waals surface area contributed by atoms with Crippen LogP contribution in [0.25, 0.3) is 5.52 Å². The van der Waals surface area contributed by atoms with Crippen molar-refractivity contribution >= 4 is 11.5 Å². The standard InChI is InChI=1S/C10H10N2O4/c1-16-9-3-2-7(10(14)15)8-4-6(5-13)11-12(8)9/h2-4,13H,5H2,1H3,(H,14,15). The van der Waals surface area contributed by atoms with Crippen molar-refractivity contribution in [3.05, 3.63) is 29.5 Å². The van der Waals surface area contributed by atoms with Gasteiger partial charge in [0.2, 0.25) is 5.88 Å². The van der Waals surface area contributed by atoms with Crippen molar-refractivity contribution in [2.45, 2.75) is 6.61 Å². The molecule has 2 aromatic heterocycles. The smallest absolute Gasteiger partial charge is 0.337 e. The summed E-state index contributed by atoms with van der Waals surface area (Å²) in [5, 5.41) is 22.0. The molecular weight excluding hydrogens is 212 g/mol. The molecule has 0 aromatic carbocycles. The van der Waals surface area contributed by atoms with Gasteiger partial charge in [0.15, 0.2) is 0 Å². The van der Waals surface area contributed by atoms with Gasteiger partial charge in [-0.05, 0) is 12.1 Å². The molecule has 0 amide bonds. The number of hydrogen-bond donors (Lipinski definition) is 2. The summed E-state index contributed by atoms with van der Waals surface area (Å²) in [6.07, 6.45) is 0. The molecule has 0 radical (unpaired) electrons. The van der Waals surface area contributed by atoms with Crippen molar-refractivity contribution in [3.63, 3.8) is 0 Å². The van der Waals surface area contributed by atoms with E-state index < -0.39 is 5.97 Å². The maximum atomic E-state index is 11.0. The van der Waals surface area contributed by atoms with E-state index in [-0.39, 0.29) is 12.2 Å². The van der Waals surface area contributed by atoms with Crippen molar-refractivity contribution in [2.24, 2.45) is 0 Å². The lowest BCUT2D eigenvalue weighted by Gasteiger charge is -2.04. The van der Waals surface area contributed by atoms with Crippen molar-refractivity contribution in [1.29, 1.82) is 0 Å². The van der Waals surface area contributed by atoms with Crippen molar-refractivity contribution in [3.8, 4) is 5.88 Å². The number of carboxylic acids is 1. The van der Waals surface area contributed by atoms with Crippen molar-refractivity contribution < 1.29 is 19.7 Å². The van der Waals surface area contributed by atoms with E-state index in [1.807, 2.05) is 0 Å². The van der Waals surface area contributed by atoms with Gasteiger partial charge in [-0.3, -0.25) is 0 Å². The molecule has 0 aliphatic heterocycles. The minimum Gasteiger partial charge on any atom is -0.481 e. The van der Waals surface area contributed by atoms with Gasteiger partial charge in [0, 0.05) is 6.07 Å². The minimum absolute atomic E-state index is 0.119. The Morgan fingerprint density at radius 1 is 1.56 bits per heavy atom. The van der Waals surface area contributed by atoms with E-state index in [2.05, 4.69) is 5.10 Å². The Balaban J connectivity index is 2.77. The molecule has 2 rings (SSSR count). The van der Waals surface area contributed by atoms with Gasteiger partial charge in [-0.25, -0.2) is 4.79 Å². The Morgan fingerprint density at radius 3 is 2.88 bits per heavy atom. The second-order valence-electron chi connectivity index (χ2n) is 3.19. The molecule has 6 nitrogen and oxygen atoms in total. The molecule has 0 spiro atoms. The number of pyridine rings is 1. The third-order valence-corrected chi connectivity index (χ3v) is 2.24. The largest absolute Gasteiger partial charge is 0.481 e. The van der Waals surface area contributed by atoms with Crippen LogP contribution in [0.2, 0.25) is 0 Å². The Hall–Kier alpha value is -2.08. The van der Waals surface area contributed by atoms with Crippen molar-refractivity contribution in [1.82, 2.24) is 9.61 Å². The van der Waals surface area contributed by atoms with Crippen LogP contribution in [0.5, 0.6) is 5.88 Å². The maximum Gasteiger partial charge on any atom is 0.337 e. The molecular formula is C10H10N2O4. The zero-order valence-electron chi connectivity index (χ0n) is 8.54. The molecule has 0 atom stereocenters. The predicted octanol–water partition coefficient (Wildman–Crippen LogP) is 0.533. The van der Waals surface area contributed by atoms with Gasteiger partial charge in [0.1, 0.15) is 0 Å². The van der Waals surface area contributed by atoms with Crippen LogP contribution >= 0.6 is 0 Å². The molecule has 2 heterocycles. The molecule has 0 bridgehead atoms. The van der Waals surface area contributed by atoms with Crippen molar-refractivity contribution in [2.75, 3.05) is 7.11 Å². The third-order valence-electron chi connectivity index (χ3n) is 2.24. The van der Waals surface area contributed by atoms with Gasteiger partial charge in [-0.15, -0.1) is 0 Å². The van der Waals surface area contributed by atoms with Gasteiger partial charge >= 0.3 is 5.97 Å². The van der Waals surface area contributed by atoms with Gasteiger partial charge in [0.05, 0.1) is 30.5 Å². The number of aliphatic hydroxyl groups is 1. The fourth-order valence-electron chi connectivity index (χ4n) is 1.51. The lowest BCUT2D eigenvalue weighted by Crippen LogP contribution is -2.03. The van der Waals surface area contributed by atoms with Gasteiger partial charge in [0.25, 0.3) is 0 Å². The second-order valence-corrected chi connectivity index (χ2v) is 3.19. The molecule has 0 saturated carbocycles. The number of nitrogens with zero attached hydrogens (tertiary/aromatic N) is 2. The van der Waals surface area contributed by atoms with Gasteiger partial charge in [-0.1, -0.05) is 0 Å². The van der Waals surface area contributed by atoms with E-state index in [9.17, 15) is 4.79 Å². The summed E-state index contributed by atoms with van der Waals surface area (Å²) < 4.78 is 6.40. The molecule has 0 aliphatic rings. The highest BCUT2D eigenvalue weighted by Crippen LogP contribution is 2.20. The first kappa shape index (κ1) is 10.4. The van der Waals surface area contributed by atoms with Gasteiger partial charge < -0.3 is 14.9 Å². The van der Waals surface area contributed by atoms with E-state index in [0.29, 0.717) is 17.1 Å². The number of aromatic carboxylic acids is 1. The number of carboxylic acid groups (broad SMARTS) is 1. The summed E-state index contributed by atoms with van der Waals surface area (Å²) >= 11 is 0. The first-order chi connectivity index (χ1) is 7.67. The fraction of sp³-hybridized carbons (Fsp3) is 0.200. The average molecular weight is 222 g/mol. The van der Waals surface area contributed by atoms with E-state index in [4.69, 9.17) is 14.9 Å². The number of fused-ring (bicyclic) bond motifs is 1. The molecule has 0 fully saturated rings. The summed E-state index contributed by atoms with van der Waals surface area (Å²) in [7, 11) is 1.47. The number of hydrogen-bond acceptors (Lipinski definition) is 4. The SMILES string of the molecule is COc1ccc(C(=O)O)c2cc(CO)nn12. The van der Waals surface area contributed by atoms with Crippen LogP contribution in [0.1, 0.15) is 16.1 Å². The zero-order valence-corrected chi connectivity index (χ0v) is 8.54. The van der Waals surface area contributed by atoms with E-state index in [1.54, 1.807) is 0 Å². The lowest BCUT2D eigenvalue weighted by molar-refractivity contribution is 0.0698. The highest BCUT2D eigenvalue weighted by atomic mass is 16.5. The normalized spacial score (nSPS) is 10.6. The Bertz CT molecular complexity index is 547. The number of methoxy groups -OCH3 is 1. The summed E-state index contributed by atoms with van der Waals surface area (Å²) in [5.74, 6) is -0.628. The molecule has 84 valence electrons. The number of rotatable bonds is 3. The predicted molar refractivity (Wildman–Crippen MR) is 54.6 cm³/mol. The molecule has 0 unspecified atom stereocenters. The minimum atomic E-state index is -1.04. The maximum absolute atomic E-state index is 11.0. The highest BCUT2D eigenvalue weighted by Gasteiger charge is 2.14. The quantitative estimate of drug-likeness (QED) is 0.791. The monoisotopic (exact) mass is 222 g/mol. The summed E-state index contributed by atoms with van der Waals surface area (Å²) in [6, 6.07) is 4.48. The number of aromatic nitrogens is 2. The molecule has 2 aromatic rings. The topological polar surface area (TPSA) is 84.1 Å². The number of aliphatic hydroxyl groups excluding tert-OH is 1. The van der Waals surface area contributed by atoms with Crippen LogP contribution in [-0.2, 0) is 6.61 Å². The van der Waals surface area contributed by atoms with Crippen LogP contribution in [0.15, 0.2) is 18.2 Å². The second kappa shape index (κ2) is 3.82. The zero-order chi connectivity index (χ0) is 11.7. The third kappa shape index (κ3) is 1.49. The Morgan fingerprint density at radius 2 is 2.31 bits per heavy atom. The molecule has 6 heteroatoms. The molecule has 16 heavy (non-hydrogen) atoms. The molecule has 2 N–H and O–H groups in total. The van der Waals surface area contributed by atoms with E-state index >= 15 is 0 Å². The highest BCUT2D eigenvalue weighted by molar-refractivity contribution is 5.95. The van der Waals surface area contributed by atoms with E-state index in [1.165, 1.54) is 29.8 Å². The first-order valence-electron chi connectivity index (χ1n) is 4.57. The van der Waals surface area contributed by atoms with Crippen LogP contribution in [0.3, 0.4) is 0 Å². The van der Waals surface area contributed by atoms with Crippen LogP contribution in [0.4, 0.5) is 0 Å². The fourth-order valence-corrected chi connectivity index (χ4v) is 1.51. The Labute approximate surface area is 90.7 Å². The van der Waals surface area contributed by atoms with Gasteiger partial charge in [-0.2, -0.15) is 9.61 Å². The molecule has 0 aliphatic carbocycles. The Kier molecular flexibility index (Phi) is 2.49. The summed E-state index contributed by atoms with van der Waals surface area (Å²) in [4.78, 5) is 11.0. The van der Waals surface area contributed by atoms with Crippen LogP contribution < -0.4 is 4.74 Å². The lowest BCUT2D eigenvalue weighted by atomic mass is 10.2. The summed E-state index contributed by atoms with van der Waals surface area (Å²) in [5.41, 5.74) is 0.913.